The van der Waals surface area contributed by atoms with Gasteiger partial charge in [0, 0.05) is 16.9 Å². The third-order valence-corrected chi connectivity index (χ3v) is 4.70. The van der Waals surface area contributed by atoms with Gasteiger partial charge in [-0.2, -0.15) is 0 Å². The number of thioether (sulfide) groups is 1. The molecule has 20 heavy (non-hydrogen) atoms. The van der Waals surface area contributed by atoms with Gasteiger partial charge in [0.1, 0.15) is 5.37 Å². The smallest absolute Gasteiger partial charge is 0.238 e. The molecule has 2 aromatic carbocycles. The van der Waals surface area contributed by atoms with Crippen LogP contribution in [0.25, 0.3) is 0 Å². The molecule has 102 valence electrons. The van der Waals surface area contributed by atoms with Crippen LogP contribution in [-0.2, 0) is 4.79 Å². The fraction of sp³-hybridized carbons (Fsp3) is 0.188. The van der Waals surface area contributed by atoms with Gasteiger partial charge in [-0.15, -0.1) is 11.8 Å². The highest BCUT2D eigenvalue weighted by atomic mass is 32.2. The summed E-state index contributed by atoms with van der Waals surface area (Å²) >= 11 is 1.63. The molecule has 0 radical (unpaired) electrons. The van der Waals surface area contributed by atoms with E-state index in [4.69, 9.17) is 5.73 Å². The first kappa shape index (κ1) is 13.1. The number of aryl methyl sites for hydroxylation is 1. The maximum absolute atomic E-state index is 12.3. The monoisotopic (exact) mass is 284 g/mol. The number of hydrogen-bond acceptors (Lipinski definition) is 3. The van der Waals surface area contributed by atoms with E-state index in [1.165, 1.54) is 0 Å². The lowest BCUT2D eigenvalue weighted by molar-refractivity contribution is -0.115. The lowest BCUT2D eigenvalue weighted by Gasteiger charge is -2.26. The molecular formula is C16H16N2OS. The SMILES string of the molecule is Cc1ccccc1N1C(=O)CS[C@H]1c1ccccc1N. The molecule has 1 heterocycles. The van der Waals surface area contributed by atoms with E-state index >= 15 is 0 Å². The number of carbonyl (C=O) groups is 1. The van der Waals surface area contributed by atoms with Gasteiger partial charge in [0.25, 0.3) is 0 Å². The first-order valence-corrected chi connectivity index (χ1v) is 7.57. The zero-order chi connectivity index (χ0) is 14.1. The maximum atomic E-state index is 12.3. The van der Waals surface area contributed by atoms with Gasteiger partial charge in [-0.3, -0.25) is 9.69 Å². The predicted molar refractivity (Wildman–Crippen MR) is 84.7 cm³/mol. The summed E-state index contributed by atoms with van der Waals surface area (Å²) in [4.78, 5) is 14.2. The number of nitrogens with two attached hydrogens (primary N) is 1. The summed E-state index contributed by atoms with van der Waals surface area (Å²) in [7, 11) is 0. The molecule has 0 saturated carbocycles. The third kappa shape index (κ3) is 2.16. The Hall–Kier alpha value is -1.94. The number of nitrogens with zero attached hydrogens (tertiary/aromatic N) is 1. The Labute approximate surface area is 122 Å². The molecule has 1 saturated heterocycles. The Bertz CT molecular complexity index is 656. The number of rotatable bonds is 2. The maximum Gasteiger partial charge on any atom is 0.238 e. The molecule has 4 heteroatoms. The molecule has 3 rings (SSSR count). The molecular weight excluding hydrogens is 268 g/mol. The van der Waals surface area contributed by atoms with E-state index in [2.05, 4.69) is 0 Å². The number of anilines is 2. The number of hydrogen-bond donors (Lipinski definition) is 1. The zero-order valence-electron chi connectivity index (χ0n) is 11.2. The van der Waals surface area contributed by atoms with Crippen LogP contribution < -0.4 is 10.6 Å². The summed E-state index contributed by atoms with van der Waals surface area (Å²) in [6, 6.07) is 15.7. The average Bonchev–Trinajstić information content (AvgIpc) is 2.82. The molecule has 0 aromatic heterocycles. The zero-order valence-corrected chi connectivity index (χ0v) is 12.1. The van der Waals surface area contributed by atoms with Gasteiger partial charge >= 0.3 is 0 Å². The summed E-state index contributed by atoms with van der Waals surface area (Å²) in [5.74, 6) is 0.630. The van der Waals surface area contributed by atoms with Crippen molar-refractivity contribution in [2.45, 2.75) is 12.3 Å². The molecule has 1 aliphatic heterocycles. The van der Waals surface area contributed by atoms with E-state index in [9.17, 15) is 4.79 Å². The van der Waals surface area contributed by atoms with Crippen molar-refractivity contribution in [2.24, 2.45) is 0 Å². The van der Waals surface area contributed by atoms with Crippen molar-refractivity contribution in [3.05, 3.63) is 59.7 Å². The highest BCUT2D eigenvalue weighted by Crippen LogP contribution is 2.44. The van der Waals surface area contributed by atoms with E-state index in [0.29, 0.717) is 5.75 Å². The Morgan fingerprint density at radius 2 is 1.85 bits per heavy atom. The molecule has 2 N–H and O–H groups in total. The summed E-state index contributed by atoms with van der Waals surface area (Å²) in [5.41, 5.74) is 9.88. The van der Waals surface area contributed by atoms with Gasteiger partial charge < -0.3 is 5.73 Å². The molecule has 1 fully saturated rings. The number of para-hydroxylation sites is 2. The summed E-state index contributed by atoms with van der Waals surface area (Å²) in [5, 5.41) is -0.0372. The van der Waals surface area contributed by atoms with Crippen molar-refractivity contribution in [3.8, 4) is 0 Å². The van der Waals surface area contributed by atoms with E-state index in [-0.39, 0.29) is 11.3 Å². The minimum Gasteiger partial charge on any atom is -0.398 e. The van der Waals surface area contributed by atoms with E-state index in [1.54, 1.807) is 11.8 Å². The molecule has 1 amide bonds. The summed E-state index contributed by atoms with van der Waals surface area (Å²) in [6.07, 6.45) is 0. The lowest BCUT2D eigenvalue weighted by atomic mass is 10.1. The second-order valence-electron chi connectivity index (χ2n) is 4.84. The largest absolute Gasteiger partial charge is 0.398 e. The Kier molecular flexibility index (Phi) is 3.40. The molecule has 3 nitrogen and oxygen atoms in total. The van der Waals surface area contributed by atoms with Crippen LogP contribution in [0.2, 0.25) is 0 Å². The van der Waals surface area contributed by atoms with Crippen LogP contribution in [0.1, 0.15) is 16.5 Å². The van der Waals surface area contributed by atoms with Crippen LogP contribution in [0.3, 0.4) is 0 Å². The van der Waals surface area contributed by atoms with Crippen LogP contribution in [0.5, 0.6) is 0 Å². The van der Waals surface area contributed by atoms with Crippen LogP contribution in [-0.4, -0.2) is 11.7 Å². The van der Waals surface area contributed by atoms with Crippen molar-refractivity contribution in [2.75, 3.05) is 16.4 Å². The Morgan fingerprint density at radius 3 is 2.60 bits per heavy atom. The van der Waals surface area contributed by atoms with Gasteiger partial charge in [0.05, 0.1) is 5.75 Å². The fourth-order valence-electron chi connectivity index (χ4n) is 2.48. The normalized spacial score (nSPS) is 18.6. The quantitative estimate of drug-likeness (QED) is 0.860. The topological polar surface area (TPSA) is 46.3 Å². The van der Waals surface area contributed by atoms with Crippen LogP contribution >= 0.6 is 11.8 Å². The number of benzene rings is 2. The lowest BCUT2D eigenvalue weighted by Crippen LogP contribution is -2.28. The highest BCUT2D eigenvalue weighted by molar-refractivity contribution is 8.00. The fourth-order valence-corrected chi connectivity index (χ4v) is 3.70. The molecule has 0 aliphatic carbocycles. The van der Waals surface area contributed by atoms with Gasteiger partial charge in [-0.05, 0) is 24.6 Å². The van der Waals surface area contributed by atoms with E-state index in [1.807, 2.05) is 60.4 Å². The molecule has 0 bridgehead atoms. The van der Waals surface area contributed by atoms with Gasteiger partial charge in [0.15, 0.2) is 0 Å². The van der Waals surface area contributed by atoms with Crippen molar-refractivity contribution in [3.63, 3.8) is 0 Å². The third-order valence-electron chi connectivity index (χ3n) is 3.50. The highest BCUT2D eigenvalue weighted by Gasteiger charge is 2.35. The molecule has 1 atom stereocenters. The van der Waals surface area contributed by atoms with Crippen molar-refractivity contribution in [1.82, 2.24) is 0 Å². The molecule has 0 unspecified atom stereocenters. The standard InChI is InChI=1S/C16H16N2OS/c1-11-6-2-5-9-14(11)18-15(19)10-20-16(18)12-7-3-4-8-13(12)17/h2-9,16H,10,17H2,1H3/t16-/m0/s1. The van der Waals surface area contributed by atoms with Crippen LogP contribution in [0, 0.1) is 6.92 Å². The molecule has 0 spiro atoms. The van der Waals surface area contributed by atoms with Crippen molar-refractivity contribution in [1.29, 1.82) is 0 Å². The predicted octanol–water partition coefficient (Wildman–Crippen LogP) is 3.36. The summed E-state index contributed by atoms with van der Waals surface area (Å²) in [6.45, 7) is 2.02. The van der Waals surface area contributed by atoms with Crippen molar-refractivity contribution < 1.29 is 4.79 Å². The number of nitrogen functional groups attached to an aromatic ring is 1. The van der Waals surface area contributed by atoms with Crippen molar-refractivity contribution >= 4 is 29.0 Å². The van der Waals surface area contributed by atoms with E-state index < -0.39 is 0 Å². The first-order chi connectivity index (χ1) is 9.68. The summed E-state index contributed by atoms with van der Waals surface area (Å²) < 4.78 is 0. The Balaban J connectivity index is 2.06. The second kappa shape index (κ2) is 5.21. The molecule has 1 aliphatic rings. The van der Waals surface area contributed by atoms with Crippen LogP contribution in [0.15, 0.2) is 48.5 Å². The van der Waals surface area contributed by atoms with Gasteiger partial charge in [0.2, 0.25) is 5.91 Å². The number of carbonyl (C=O) groups excluding carboxylic acids is 1. The minimum atomic E-state index is -0.0372. The van der Waals surface area contributed by atoms with Gasteiger partial charge in [-0.1, -0.05) is 36.4 Å². The van der Waals surface area contributed by atoms with Gasteiger partial charge in [-0.25, -0.2) is 0 Å². The number of amides is 1. The minimum absolute atomic E-state index is 0.0372. The Morgan fingerprint density at radius 1 is 1.15 bits per heavy atom. The average molecular weight is 284 g/mol. The molecule has 2 aromatic rings. The van der Waals surface area contributed by atoms with E-state index in [0.717, 1.165) is 22.5 Å². The van der Waals surface area contributed by atoms with Crippen LogP contribution in [0.4, 0.5) is 11.4 Å². The second-order valence-corrected chi connectivity index (χ2v) is 5.91. The first-order valence-electron chi connectivity index (χ1n) is 6.52.